The summed E-state index contributed by atoms with van der Waals surface area (Å²) in [5.41, 5.74) is -0.770. The number of esters is 1. The number of benzene rings is 2. The zero-order valence-corrected chi connectivity index (χ0v) is 31.1. The fourth-order valence-electron chi connectivity index (χ4n) is 9.49. The number of hydrogen-bond acceptors (Lipinski definition) is 7. The number of carboxylic acids is 1. The van der Waals surface area contributed by atoms with Gasteiger partial charge in [0.05, 0.1) is 11.0 Å². The molecule has 0 aromatic heterocycles. The number of ketones is 1. The van der Waals surface area contributed by atoms with Gasteiger partial charge in [-0.3, -0.25) is 14.4 Å². The first-order valence-electron chi connectivity index (χ1n) is 18.2. The highest BCUT2D eigenvalue weighted by atomic mass is 16.5. The number of phenols is 1. The fourth-order valence-corrected chi connectivity index (χ4v) is 9.49. The number of carbonyl (C=O) groups excluding carboxylic acids is 2. The minimum absolute atomic E-state index is 0.0526. The lowest BCUT2D eigenvalue weighted by molar-refractivity contribution is -0.166. The normalized spacial score (nSPS) is 20.4. The molecule has 49 heavy (non-hydrogen) atoms. The highest BCUT2D eigenvalue weighted by molar-refractivity contribution is 6.11. The minimum Gasteiger partial charge on any atom is -0.508 e. The summed E-state index contributed by atoms with van der Waals surface area (Å²) in [6, 6.07) is 12.9. The van der Waals surface area contributed by atoms with Gasteiger partial charge in [-0.05, 0) is 118 Å². The number of ether oxygens (including phenoxy) is 1. The van der Waals surface area contributed by atoms with E-state index in [2.05, 4.69) is 66.0 Å². The maximum Gasteiger partial charge on any atom is 0.311 e. The molecule has 2 saturated heterocycles. The Morgan fingerprint density at radius 3 is 1.73 bits per heavy atom. The topological polar surface area (TPSA) is 125 Å². The largest absolute Gasteiger partial charge is 0.508 e. The molecule has 0 unspecified atom stereocenters. The Morgan fingerprint density at radius 1 is 0.735 bits per heavy atom. The molecule has 0 radical (unpaired) electrons. The number of nitrogens with one attached hydrogen (secondary N) is 2. The Labute approximate surface area is 293 Å². The van der Waals surface area contributed by atoms with E-state index in [-0.39, 0.29) is 63.3 Å². The third-order valence-electron chi connectivity index (χ3n) is 10.7. The smallest absolute Gasteiger partial charge is 0.311 e. The lowest BCUT2D eigenvalue weighted by atomic mass is 9.52. The second-order valence-corrected chi connectivity index (χ2v) is 17.5. The van der Waals surface area contributed by atoms with E-state index in [0.29, 0.717) is 18.4 Å². The van der Waals surface area contributed by atoms with Gasteiger partial charge in [0.15, 0.2) is 5.78 Å². The predicted molar refractivity (Wildman–Crippen MR) is 194 cm³/mol. The van der Waals surface area contributed by atoms with Crippen LogP contribution in [0.2, 0.25) is 0 Å². The van der Waals surface area contributed by atoms with Crippen molar-refractivity contribution in [1.29, 1.82) is 0 Å². The van der Waals surface area contributed by atoms with Gasteiger partial charge in [-0.25, -0.2) is 0 Å². The second kappa shape index (κ2) is 14.9. The Balaban J connectivity index is 1.38. The van der Waals surface area contributed by atoms with Crippen LogP contribution in [0.3, 0.4) is 0 Å². The average molecular weight is 677 g/mol. The van der Waals surface area contributed by atoms with E-state index in [1.807, 2.05) is 6.07 Å². The van der Waals surface area contributed by atoms with Gasteiger partial charge in [0.25, 0.3) is 0 Å². The molecule has 2 aromatic carbocycles. The number of aromatic hydroxyl groups is 1. The van der Waals surface area contributed by atoms with Crippen molar-refractivity contribution >= 4 is 17.7 Å². The highest BCUT2D eigenvalue weighted by Gasteiger charge is 2.58. The molecule has 0 saturated carbocycles. The summed E-state index contributed by atoms with van der Waals surface area (Å²) in [4.78, 5) is 39.5. The Morgan fingerprint density at radius 2 is 1.22 bits per heavy atom. The molecule has 2 aliphatic heterocycles. The predicted octanol–water partition coefficient (Wildman–Crippen LogP) is 8.44. The van der Waals surface area contributed by atoms with Crippen LogP contribution in [0.4, 0.5) is 0 Å². The maximum absolute atomic E-state index is 13.7. The van der Waals surface area contributed by atoms with Crippen molar-refractivity contribution in [1.82, 2.24) is 10.6 Å². The first-order chi connectivity index (χ1) is 22.7. The van der Waals surface area contributed by atoms with Crippen molar-refractivity contribution in [3.8, 4) is 11.5 Å². The quantitative estimate of drug-likeness (QED) is 0.0680. The van der Waals surface area contributed by atoms with Gasteiger partial charge in [0, 0.05) is 40.2 Å². The number of carboxylic acid groups (broad SMARTS) is 1. The standard InChI is InChI=1S/C41H60N2O6/c1-37(2)24-29(25-38(3,4)42-37)41(36(47)48,30-26-39(5,6)43-40(7,8)27-30)22-16-11-9-10-15-19-34(45)49-33-23-31(44)20-21-32(33)35(46)28-17-13-12-14-18-28/h12-14,17-18,20-21,23,29-30,42-44H,9-11,15-16,19,22,24-27H2,1-8H3,(H,47,48). The summed E-state index contributed by atoms with van der Waals surface area (Å²) in [6.07, 6.45) is 8.17. The molecule has 4 rings (SSSR count). The van der Waals surface area contributed by atoms with Crippen molar-refractivity contribution in [2.75, 3.05) is 0 Å². The van der Waals surface area contributed by atoms with Gasteiger partial charge in [0.1, 0.15) is 11.5 Å². The van der Waals surface area contributed by atoms with Crippen molar-refractivity contribution in [3.63, 3.8) is 0 Å². The summed E-state index contributed by atoms with van der Waals surface area (Å²) in [6.45, 7) is 17.6. The van der Waals surface area contributed by atoms with E-state index in [1.165, 1.54) is 18.2 Å². The van der Waals surface area contributed by atoms with Crippen LogP contribution in [-0.4, -0.2) is 50.1 Å². The SMILES string of the molecule is CC1(C)CC(C(CCCCCCCC(=O)Oc2cc(O)ccc2C(=O)c2ccccc2)(C(=O)O)C2CC(C)(C)NC(C)(C)C2)CC(C)(C)N1. The molecule has 8 heteroatoms. The van der Waals surface area contributed by atoms with E-state index in [4.69, 9.17) is 4.74 Å². The van der Waals surface area contributed by atoms with E-state index < -0.39 is 17.4 Å². The van der Waals surface area contributed by atoms with Crippen LogP contribution in [0, 0.1) is 17.3 Å². The average Bonchev–Trinajstić information content (AvgIpc) is 2.95. The lowest BCUT2D eigenvalue weighted by Gasteiger charge is -2.57. The van der Waals surface area contributed by atoms with Crippen LogP contribution in [0.5, 0.6) is 11.5 Å². The van der Waals surface area contributed by atoms with Crippen molar-refractivity contribution in [3.05, 3.63) is 59.7 Å². The zero-order chi connectivity index (χ0) is 36.3. The lowest BCUT2D eigenvalue weighted by Crippen LogP contribution is -2.65. The summed E-state index contributed by atoms with van der Waals surface area (Å²) >= 11 is 0. The van der Waals surface area contributed by atoms with Gasteiger partial charge in [-0.15, -0.1) is 0 Å². The molecular weight excluding hydrogens is 616 g/mol. The fraction of sp³-hybridized carbons (Fsp3) is 0.634. The third kappa shape index (κ3) is 9.94. The second-order valence-electron chi connectivity index (χ2n) is 17.5. The number of carbonyl (C=O) groups is 3. The zero-order valence-electron chi connectivity index (χ0n) is 31.1. The molecule has 0 amide bonds. The van der Waals surface area contributed by atoms with Gasteiger partial charge < -0.3 is 25.6 Å². The number of rotatable bonds is 14. The molecule has 0 bridgehead atoms. The Hall–Kier alpha value is -3.23. The molecule has 270 valence electrons. The molecule has 4 N–H and O–H groups in total. The van der Waals surface area contributed by atoms with Gasteiger partial charge in [0.2, 0.25) is 0 Å². The molecule has 2 fully saturated rings. The molecule has 2 heterocycles. The molecule has 0 aliphatic carbocycles. The summed E-state index contributed by atoms with van der Waals surface area (Å²) in [5, 5.41) is 28.8. The van der Waals surface area contributed by atoms with E-state index in [1.54, 1.807) is 24.3 Å². The number of unbranched alkanes of at least 4 members (excludes halogenated alkanes) is 4. The van der Waals surface area contributed by atoms with Gasteiger partial charge in [-0.2, -0.15) is 0 Å². The van der Waals surface area contributed by atoms with E-state index >= 15 is 0 Å². The van der Waals surface area contributed by atoms with Crippen LogP contribution in [-0.2, 0) is 9.59 Å². The number of aliphatic carboxylic acids is 1. The molecule has 0 spiro atoms. The van der Waals surface area contributed by atoms with E-state index in [9.17, 15) is 24.6 Å². The number of phenolic OH excluding ortho intramolecular Hbond substituents is 1. The maximum atomic E-state index is 13.7. The van der Waals surface area contributed by atoms with E-state index in [0.717, 1.165) is 51.4 Å². The molecule has 0 atom stereocenters. The molecule has 2 aromatic rings. The monoisotopic (exact) mass is 676 g/mol. The van der Waals surface area contributed by atoms with Crippen LogP contribution in [0.25, 0.3) is 0 Å². The molecule has 2 aliphatic rings. The van der Waals surface area contributed by atoms with Crippen molar-refractivity contribution in [2.45, 2.75) is 148 Å². The highest BCUT2D eigenvalue weighted by Crippen LogP contribution is 2.55. The number of piperidine rings is 2. The minimum atomic E-state index is -0.826. The van der Waals surface area contributed by atoms with Crippen molar-refractivity contribution < 1.29 is 29.3 Å². The Bertz CT molecular complexity index is 1410. The summed E-state index contributed by atoms with van der Waals surface area (Å²) in [5.74, 6) is -1.31. The Kier molecular flexibility index (Phi) is 11.8. The van der Waals surface area contributed by atoms with Crippen LogP contribution < -0.4 is 15.4 Å². The van der Waals surface area contributed by atoms with Crippen molar-refractivity contribution in [2.24, 2.45) is 17.3 Å². The van der Waals surface area contributed by atoms with Gasteiger partial charge in [-0.1, -0.05) is 56.0 Å². The van der Waals surface area contributed by atoms with Crippen LogP contribution in [0.1, 0.15) is 142 Å². The first kappa shape index (κ1) is 38.6. The van der Waals surface area contributed by atoms with Crippen LogP contribution >= 0.6 is 0 Å². The summed E-state index contributed by atoms with van der Waals surface area (Å²) in [7, 11) is 0. The third-order valence-corrected chi connectivity index (χ3v) is 10.7. The first-order valence-corrected chi connectivity index (χ1v) is 18.2. The van der Waals surface area contributed by atoms with Crippen LogP contribution in [0.15, 0.2) is 48.5 Å². The van der Waals surface area contributed by atoms with Gasteiger partial charge >= 0.3 is 11.9 Å². The number of hydrogen-bond donors (Lipinski definition) is 4. The molecule has 8 nitrogen and oxygen atoms in total. The summed E-state index contributed by atoms with van der Waals surface area (Å²) < 4.78 is 5.57. The molecular formula is C41H60N2O6.